The minimum Gasteiger partial charge on any atom is -0.479 e. The van der Waals surface area contributed by atoms with Gasteiger partial charge in [0.2, 0.25) is 0 Å². The summed E-state index contributed by atoms with van der Waals surface area (Å²) in [5, 5.41) is 30.0. The molecule has 0 aromatic carbocycles. The van der Waals surface area contributed by atoms with E-state index < -0.39 is 17.6 Å². The van der Waals surface area contributed by atoms with Crippen LogP contribution in [-0.4, -0.2) is 63.6 Å². The van der Waals surface area contributed by atoms with E-state index in [1.807, 2.05) is 0 Å². The van der Waals surface area contributed by atoms with E-state index in [1.165, 1.54) is 4.90 Å². The lowest BCUT2D eigenvalue weighted by Crippen LogP contribution is -2.53. The van der Waals surface area contributed by atoms with Crippen LogP contribution in [-0.2, 0) is 4.79 Å². The number of amides is 2. The number of likely N-dealkylation sites (tertiary alicyclic amines) is 1. The summed E-state index contributed by atoms with van der Waals surface area (Å²) in [5.41, 5.74) is -1.99. The predicted octanol–water partition coefficient (Wildman–Crippen LogP) is -0.231. The standard InChI is InChI=1S/C12H22N2O5/c1-12(19,10(16)17)8-13-11(18)14-6-4-2-3-5-9(14)7-15/h9,15,19H,2-8H2,1H3,(H,13,18)(H,16,17). The zero-order valence-electron chi connectivity index (χ0n) is 11.1. The number of rotatable bonds is 4. The van der Waals surface area contributed by atoms with Crippen molar-refractivity contribution in [3.63, 3.8) is 0 Å². The normalized spacial score (nSPS) is 23.3. The van der Waals surface area contributed by atoms with Gasteiger partial charge in [-0.3, -0.25) is 0 Å². The van der Waals surface area contributed by atoms with Crippen LogP contribution < -0.4 is 5.32 Å². The van der Waals surface area contributed by atoms with Gasteiger partial charge >= 0.3 is 12.0 Å². The van der Waals surface area contributed by atoms with E-state index >= 15 is 0 Å². The van der Waals surface area contributed by atoms with Gasteiger partial charge in [-0.1, -0.05) is 12.8 Å². The number of carbonyl (C=O) groups is 2. The van der Waals surface area contributed by atoms with E-state index in [0.29, 0.717) is 6.54 Å². The fourth-order valence-electron chi connectivity index (χ4n) is 2.06. The Morgan fingerprint density at radius 3 is 2.63 bits per heavy atom. The van der Waals surface area contributed by atoms with Crippen molar-refractivity contribution >= 4 is 12.0 Å². The second kappa shape index (κ2) is 6.72. The summed E-state index contributed by atoms with van der Waals surface area (Å²) in [7, 11) is 0. The second-order valence-corrected chi connectivity index (χ2v) is 5.12. The molecule has 4 N–H and O–H groups in total. The van der Waals surface area contributed by atoms with E-state index in [0.717, 1.165) is 32.6 Å². The summed E-state index contributed by atoms with van der Waals surface area (Å²) < 4.78 is 0. The minimum absolute atomic E-state index is 0.108. The third-order valence-electron chi connectivity index (χ3n) is 3.39. The van der Waals surface area contributed by atoms with Crippen molar-refractivity contribution in [3.05, 3.63) is 0 Å². The molecule has 7 heteroatoms. The number of aliphatic hydroxyl groups is 2. The Balaban J connectivity index is 2.57. The van der Waals surface area contributed by atoms with Crippen LogP contribution in [0.2, 0.25) is 0 Å². The number of hydrogen-bond donors (Lipinski definition) is 4. The molecule has 0 aromatic heterocycles. The molecule has 0 radical (unpaired) electrons. The van der Waals surface area contributed by atoms with Crippen LogP contribution >= 0.6 is 0 Å². The summed E-state index contributed by atoms with van der Waals surface area (Å²) in [6, 6.07) is -0.681. The highest BCUT2D eigenvalue weighted by Crippen LogP contribution is 2.16. The number of nitrogens with one attached hydrogen (secondary N) is 1. The number of hydrogen-bond acceptors (Lipinski definition) is 4. The lowest BCUT2D eigenvalue weighted by Gasteiger charge is -2.30. The summed E-state index contributed by atoms with van der Waals surface area (Å²) in [6.07, 6.45) is 3.56. The first-order valence-corrected chi connectivity index (χ1v) is 6.49. The molecule has 2 amide bonds. The average Bonchev–Trinajstić information content (AvgIpc) is 2.60. The van der Waals surface area contributed by atoms with Crippen LogP contribution in [0.4, 0.5) is 4.79 Å². The third kappa shape index (κ3) is 4.36. The summed E-state index contributed by atoms with van der Waals surface area (Å²) in [6.45, 7) is 1.19. The van der Waals surface area contributed by atoms with Crippen molar-refractivity contribution < 1.29 is 24.9 Å². The summed E-state index contributed by atoms with van der Waals surface area (Å²) in [4.78, 5) is 24.2. The fourth-order valence-corrected chi connectivity index (χ4v) is 2.06. The lowest BCUT2D eigenvalue weighted by atomic mass is 10.1. The van der Waals surface area contributed by atoms with E-state index in [4.69, 9.17) is 5.11 Å². The van der Waals surface area contributed by atoms with E-state index in [1.54, 1.807) is 0 Å². The van der Waals surface area contributed by atoms with Crippen molar-refractivity contribution in [2.75, 3.05) is 19.7 Å². The number of aliphatic hydroxyl groups excluding tert-OH is 1. The van der Waals surface area contributed by atoms with Crippen LogP contribution in [0.25, 0.3) is 0 Å². The van der Waals surface area contributed by atoms with Gasteiger partial charge in [0.1, 0.15) is 0 Å². The van der Waals surface area contributed by atoms with Crippen LogP contribution in [0.15, 0.2) is 0 Å². The van der Waals surface area contributed by atoms with Crippen molar-refractivity contribution in [3.8, 4) is 0 Å². The molecule has 0 bridgehead atoms. The minimum atomic E-state index is -1.99. The zero-order chi connectivity index (χ0) is 14.5. The maximum Gasteiger partial charge on any atom is 0.337 e. The van der Waals surface area contributed by atoms with E-state index in [9.17, 15) is 19.8 Å². The number of carbonyl (C=O) groups excluding carboxylic acids is 1. The Hall–Kier alpha value is -1.34. The maximum atomic E-state index is 12.0. The highest BCUT2D eigenvalue weighted by Gasteiger charge is 2.32. The topological polar surface area (TPSA) is 110 Å². The highest BCUT2D eigenvalue weighted by molar-refractivity contribution is 5.79. The first-order chi connectivity index (χ1) is 8.88. The van der Waals surface area contributed by atoms with Crippen LogP contribution in [0.3, 0.4) is 0 Å². The number of carboxylic acid groups (broad SMARTS) is 1. The molecule has 0 aromatic rings. The molecule has 1 aliphatic rings. The number of aliphatic carboxylic acids is 1. The van der Waals surface area contributed by atoms with Gasteiger partial charge in [0, 0.05) is 6.54 Å². The molecule has 110 valence electrons. The molecular formula is C12H22N2O5. The largest absolute Gasteiger partial charge is 0.479 e. The third-order valence-corrected chi connectivity index (χ3v) is 3.39. The van der Waals surface area contributed by atoms with Gasteiger partial charge in [-0.2, -0.15) is 0 Å². The van der Waals surface area contributed by atoms with Crippen LogP contribution in [0.5, 0.6) is 0 Å². The first kappa shape index (κ1) is 15.7. The number of nitrogens with zero attached hydrogens (tertiary/aromatic N) is 1. The molecule has 1 rings (SSSR count). The summed E-state index contributed by atoms with van der Waals surface area (Å²) in [5.74, 6) is -1.39. The number of urea groups is 1. The molecule has 1 saturated heterocycles. The molecule has 2 atom stereocenters. The molecule has 1 heterocycles. The first-order valence-electron chi connectivity index (χ1n) is 6.49. The molecule has 1 aliphatic heterocycles. The molecule has 19 heavy (non-hydrogen) atoms. The summed E-state index contributed by atoms with van der Waals surface area (Å²) >= 11 is 0. The van der Waals surface area contributed by atoms with Crippen molar-refractivity contribution in [1.82, 2.24) is 10.2 Å². The molecule has 7 nitrogen and oxygen atoms in total. The van der Waals surface area contributed by atoms with Gasteiger partial charge in [0.05, 0.1) is 19.2 Å². The Morgan fingerprint density at radius 1 is 1.37 bits per heavy atom. The second-order valence-electron chi connectivity index (χ2n) is 5.12. The zero-order valence-corrected chi connectivity index (χ0v) is 11.1. The highest BCUT2D eigenvalue weighted by atomic mass is 16.4. The van der Waals surface area contributed by atoms with Gasteiger partial charge < -0.3 is 25.5 Å². The lowest BCUT2D eigenvalue weighted by molar-refractivity contribution is -0.155. The average molecular weight is 274 g/mol. The van der Waals surface area contributed by atoms with Crippen molar-refractivity contribution in [2.24, 2.45) is 0 Å². The van der Waals surface area contributed by atoms with Crippen molar-refractivity contribution in [2.45, 2.75) is 44.2 Å². The molecule has 1 fully saturated rings. The number of carboxylic acids is 1. The molecule has 0 spiro atoms. The van der Waals surface area contributed by atoms with Crippen LogP contribution in [0.1, 0.15) is 32.6 Å². The van der Waals surface area contributed by atoms with E-state index in [2.05, 4.69) is 5.32 Å². The van der Waals surface area contributed by atoms with Gasteiger partial charge in [0.15, 0.2) is 5.60 Å². The molecule has 2 unspecified atom stereocenters. The Morgan fingerprint density at radius 2 is 2.05 bits per heavy atom. The fraction of sp³-hybridized carbons (Fsp3) is 0.833. The van der Waals surface area contributed by atoms with Gasteiger partial charge in [0.25, 0.3) is 0 Å². The maximum absolute atomic E-state index is 12.0. The SMILES string of the molecule is CC(O)(CNC(=O)N1CCCCCC1CO)C(=O)O. The van der Waals surface area contributed by atoms with E-state index in [-0.39, 0.29) is 19.2 Å². The molecule has 0 aliphatic carbocycles. The van der Waals surface area contributed by atoms with Gasteiger partial charge in [-0.15, -0.1) is 0 Å². The van der Waals surface area contributed by atoms with Gasteiger partial charge in [-0.25, -0.2) is 9.59 Å². The van der Waals surface area contributed by atoms with Gasteiger partial charge in [-0.05, 0) is 19.8 Å². The smallest absolute Gasteiger partial charge is 0.337 e. The van der Waals surface area contributed by atoms with Crippen LogP contribution in [0, 0.1) is 0 Å². The molecular weight excluding hydrogens is 252 g/mol. The predicted molar refractivity (Wildman–Crippen MR) is 67.7 cm³/mol. The monoisotopic (exact) mass is 274 g/mol. The Bertz CT molecular complexity index is 332. The van der Waals surface area contributed by atoms with Crippen molar-refractivity contribution in [1.29, 1.82) is 0 Å². The quantitative estimate of drug-likeness (QED) is 0.566. The Labute approximate surface area is 112 Å². The molecule has 0 saturated carbocycles. The Kier molecular flexibility index (Phi) is 5.56.